The minimum absolute atomic E-state index is 0.164. The van der Waals surface area contributed by atoms with Crippen LogP contribution in [0.3, 0.4) is 0 Å². The lowest BCUT2D eigenvalue weighted by Crippen LogP contribution is -2.42. The van der Waals surface area contributed by atoms with Gasteiger partial charge in [0, 0.05) is 27.9 Å². The van der Waals surface area contributed by atoms with Crippen LogP contribution in [-0.4, -0.2) is 37.2 Å². The maximum absolute atomic E-state index is 14.7. The molecule has 1 aromatic heterocycles. The summed E-state index contributed by atoms with van der Waals surface area (Å²) in [6, 6.07) is 11.8. The SMILES string of the molecule is CC1(C#Cc2cnc3c(c2)[C@]2(COCC(N)=N2)c2cc(-c4cc(Cl)ccc4F)ccc2O3)COC1. The number of nitrogens with two attached hydrogens (primary N) is 1. The summed E-state index contributed by atoms with van der Waals surface area (Å²) in [5, 5.41) is 0.441. The predicted octanol–water partition coefficient (Wildman–Crippen LogP) is 4.67. The molecule has 0 amide bonds. The highest BCUT2D eigenvalue weighted by molar-refractivity contribution is 6.30. The van der Waals surface area contributed by atoms with Gasteiger partial charge in [0.15, 0.2) is 0 Å². The molecule has 176 valence electrons. The van der Waals surface area contributed by atoms with Crippen molar-refractivity contribution in [3.63, 3.8) is 0 Å². The Labute approximate surface area is 206 Å². The van der Waals surface area contributed by atoms with E-state index in [0.717, 1.165) is 5.56 Å². The highest BCUT2D eigenvalue weighted by Gasteiger charge is 2.45. The minimum atomic E-state index is -1.01. The Balaban J connectivity index is 1.52. The molecule has 6 rings (SSSR count). The Morgan fingerprint density at radius 3 is 2.69 bits per heavy atom. The van der Waals surface area contributed by atoms with Crippen molar-refractivity contribution in [2.75, 3.05) is 26.4 Å². The summed E-state index contributed by atoms with van der Waals surface area (Å²) in [6.45, 7) is 3.73. The van der Waals surface area contributed by atoms with Crippen molar-refractivity contribution in [1.82, 2.24) is 4.98 Å². The molecule has 1 saturated heterocycles. The number of hydrogen-bond donors (Lipinski definition) is 1. The van der Waals surface area contributed by atoms with E-state index in [2.05, 4.69) is 23.7 Å². The Morgan fingerprint density at radius 1 is 1.06 bits per heavy atom. The second-order valence-electron chi connectivity index (χ2n) is 9.27. The highest BCUT2D eigenvalue weighted by Crippen LogP contribution is 2.50. The first-order valence-corrected chi connectivity index (χ1v) is 11.5. The Morgan fingerprint density at radius 2 is 1.91 bits per heavy atom. The summed E-state index contributed by atoms with van der Waals surface area (Å²) in [4.78, 5) is 9.41. The second kappa shape index (κ2) is 8.06. The number of aromatic nitrogens is 1. The van der Waals surface area contributed by atoms with E-state index >= 15 is 0 Å². The van der Waals surface area contributed by atoms with Crippen molar-refractivity contribution >= 4 is 17.4 Å². The molecule has 6 nitrogen and oxygen atoms in total. The Hall–Kier alpha value is -3.44. The normalized spacial score (nSPS) is 21.5. The van der Waals surface area contributed by atoms with Crippen molar-refractivity contribution in [2.45, 2.75) is 12.5 Å². The lowest BCUT2D eigenvalue weighted by Gasteiger charge is -2.39. The van der Waals surface area contributed by atoms with Crippen molar-refractivity contribution in [2.24, 2.45) is 16.1 Å². The van der Waals surface area contributed by atoms with Crippen LogP contribution in [-0.2, 0) is 15.0 Å². The third kappa shape index (κ3) is 3.75. The van der Waals surface area contributed by atoms with Crippen molar-refractivity contribution in [1.29, 1.82) is 0 Å². The van der Waals surface area contributed by atoms with Gasteiger partial charge in [-0.15, -0.1) is 0 Å². The molecule has 3 aliphatic rings. The van der Waals surface area contributed by atoms with E-state index in [1.54, 1.807) is 24.4 Å². The number of benzene rings is 2. The number of hydrogen-bond acceptors (Lipinski definition) is 6. The zero-order chi connectivity index (χ0) is 24.2. The van der Waals surface area contributed by atoms with E-state index in [1.807, 2.05) is 12.1 Å². The molecular weight excluding hydrogens is 469 g/mol. The molecule has 0 radical (unpaired) electrons. The molecule has 0 bridgehead atoms. The van der Waals surface area contributed by atoms with Crippen LogP contribution in [0.2, 0.25) is 5.02 Å². The summed E-state index contributed by atoms with van der Waals surface area (Å²) in [5.41, 5.74) is 8.13. The Kier molecular flexibility index (Phi) is 5.08. The third-order valence-electron chi connectivity index (χ3n) is 6.41. The van der Waals surface area contributed by atoms with Crippen molar-refractivity contribution in [3.8, 4) is 34.6 Å². The van der Waals surface area contributed by atoms with Crippen LogP contribution in [0.5, 0.6) is 11.6 Å². The van der Waals surface area contributed by atoms with Gasteiger partial charge in [0.05, 0.1) is 30.8 Å². The summed E-state index contributed by atoms with van der Waals surface area (Å²) in [5.74, 6) is 7.42. The lowest BCUT2D eigenvalue weighted by atomic mass is 9.80. The number of amidine groups is 1. The molecule has 1 spiro atoms. The van der Waals surface area contributed by atoms with Crippen molar-refractivity contribution in [3.05, 3.63) is 76.2 Å². The van der Waals surface area contributed by atoms with Gasteiger partial charge in [0.1, 0.15) is 29.5 Å². The fraction of sp³-hybridized carbons (Fsp3) is 0.259. The smallest absolute Gasteiger partial charge is 0.225 e. The maximum Gasteiger partial charge on any atom is 0.225 e. The fourth-order valence-corrected chi connectivity index (χ4v) is 4.74. The van der Waals surface area contributed by atoms with Crippen molar-refractivity contribution < 1.29 is 18.6 Å². The average Bonchev–Trinajstić information content (AvgIpc) is 2.83. The summed E-state index contributed by atoms with van der Waals surface area (Å²) in [6.07, 6.45) is 1.68. The van der Waals surface area contributed by atoms with Crippen LogP contribution in [0.1, 0.15) is 23.6 Å². The van der Waals surface area contributed by atoms with Crippen LogP contribution < -0.4 is 10.5 Å². The zero-order valence-electron chi connectivity index (χ0n) is 18.9. The van der Waals surface area contributed by atoms with E-state index in [0.29, 0.717) is 58.0 Å². The number of aliphatic imine (C=N–C) groups is 1. The molecule has 2 N–H and O–H groups in total. The molecule has 3 aliphatic heterocycles. The van der Waals surface area contributed by atoms with Crippen LogP contribution in [0, 0.1) is 23.1 Å². The highest BCUT2D eigenvalue weighted by atomic mass is 35.5. The number of ether oxygens (including phenoxy) is 3. The van der Waals surface area contributed by atoms with Crippen LogP contribution in [0.15, 0.2) is 53.7 Å². The number of fused-ring (bicyclic) bond motifs is 4. The topological polar surface area (TPSA) is 79.0 Å². The number of halogens is 2. The monoisotopic (exact) mass is 489 g/mol. The molecule has 35 heavy (non-hydrogen) atoms. The standard InChI is InChI=1S/C27H21ClFN3O3/c1-26(13-34-14-26)7-6-16-8-21-25(31-11-16)35-23-5-2-17(19-10-18(28)3-4-22(19)29)9-20(23)27(21)15-33-12-24(30)32-27/h2-5,8-11H,12-15H2,1H3,(H2,30,32)/t27-/m0/s1. The van der Waals surface area contributed by atoms with Gasteiger partial charge in [0.2, 0.25) is 5.88 Å². The van der Waals surface area contributed by atoms with Gasteiger partial charge >= 0.3 is 0 Å². The maximum atomic E-state index is 14.7. The summed E-state index contributed by atoms with van der Waals surface area (Å²) in [7, 11) is 0. The lowest BCUT2D eigenvalue weighted by molar-refractivity contribution is -0.0648. The first-order chi connectivity index (χ1) is 16.9. The molecule has 0 unspecified atom stereocenters. The molecule has 0 saturated carbocycles. The fourth-order valence-electron chi connectivity index (χ4n) is 4.57. The molecule has 4 heterocycles. The molecular formula is C27H21ClFN3O3. The van der Waals surface area contributed by atoms with Gasteiger partial charge < -0.3 is 19.9 Å². The van der Waals surface area contributed by atoms with Gasteiger partial charge in [-0.05, 0) is 48.9 Å². The molecule has 0 aliphatic carbocycles. The molecule has 3 aromatic rings. The number of nitrogens with zero attached hydrogens (tertiary/aromatic N) is 2. The molecule has 1 fully saturated rings. The van der Waals surface area contributed by atoms with E-state index in [9.17, 15) is 4.39 Å². The molecule has 1 atom stereocenters. The average molecular weight is 490 g/mol. The first kappa shape index (κ1) is 22.1. The summed E-state index contributed by atoms with van der Waals surface area (Å²) >= 11 is 6.15. The Bertz CT molecular complexity index is 1460. The van der Waals surface area contributed by atoms with Gasteiger partial charge in [-0.3, -0.25) is 4.99 Å². The largest absolute Gasteiger partial charge is 0.438 e. The quantitative estimate of drug-likeness (QED) is 0.503. The minimum Gasteiger partial charge on any atom is -0.438 e. The van der Waals surface area contributed by atoms with Gasteiger partial charge in [0.25, 0.3) is 0 Å². The number of rotatable bonds is 1. The molecule has 8 heteroatoms. The van der Waals surface area contributed by atoms with E-state index < -0.39 is 5.54 Å². The van der Waals surface area contributed by atoms with E-state index in [1.165, 1.54) is 12.1 Å². The molecule has 2 aromatic carbocycles. The predicted molar refractivity (Wildman–Crippen MR) is 130 cm³/mol. The number of pyridine rings is 1. The third-order valence-corrected chi connectivity index (χ3v) is 6.65. The van der Waals surface area contributed by atoms with E-state index in [-0.39, 0.29) is 24.4 Å². The van der Waals surface area contributed by atoms with E-state index in [4.69, 9.17) is 36.5 Å². The van der Waals surface area contributed by atoms with Crippen LogP contribution in [0.25, 0.3) is 11.1 Å². The zero-order valence-corrected chi connectivity index (χ0v) is 19.7. The van der Waals surface area contributed by atoms with Gasteiger partial charge in [-0.25, -0.2) is 9.37 Å². The van der Waals surface area contributed by atoms with Crippen LogP contribution >= 0.6 is 11.6 Å². The summed E-state index contributed by atoms with van der Waals surface area (Å²) < 4.78 is 32.0. The second-order valence-corrected chi connectivity index (χ2v) is 9.71. The van der Waals surface area contributed by atoms with Gasteiger partial charge in [-0.2, -0.15) is 0 Å². The first-order valence-electron chi connectivity index (χ1n) is 11.2. The van der Waals surface area contributed by atoms with Crippen LogP contribution in [0.4, 0.5) is 4.39 Å². The van der Waals surface area contributed by atoms with Gasteiger partial charge in [-0.1, -0.05) is 29.5 Å².